The van der Waals surface area contributed by atoms with Gasteiger partial charge in [0.05, 0.1) is 12.0 Å². The van der Waals surface area contributed by atoms with Gasteiger partial charge >= 0.3 is 0 Å². The van der Waals surface area contributed by atoms with Crippen LogP contribution in [0.1, 0.15) is 33.2 Å². The lowest BCUT2D eigenvalue weighted by Gasteiger charge is -2.11. The molecule has 8 heteroatoms. The van der Waals surface area contributed by atoms with Crippen molar-refractivity contribution in [2.75, 3.05) is 11.8 Å². The molecule has 0 aromatic heterocycles. The fourth-order valence-electron chi connectivity index (χ4n) is 2.90. The van der Waals surface area contributed by atoms with Crippen LogP contribution in [-0.2, 0) is 16.6 Å². The molecule has 31 heavy (non-hydrogen) atoms. The molecule has 0 saturated carbocycles. The van der Waals surface area contributed by atoms with Crippen LogP contribution in [0.5, 0.6) is 5.75 Å². The minimum Gasteiger partial charge on any atom is -0.496 e. The van der Waals surface area contributed by atoms with E-state index >= 15 is 0 Å². The number of ether oxygens (including phenoxy) is 1. The van der Waals surface area contributed by atoms with E-state index in [4.69, 9.17) is 4.74 Å². The summed E-state index contributed by atoms with van der Waals surface area (Å²) in [7, 11) is -2.25. The summed E-state index contributed by atoms with van der Waals surface area (Å²) >= 11 is 0. The molecule has 160 valence electrons. The number of nitrogens with one attached hydrogen (secondary N) is 2. The number of para-hydroxylation sites is 1. The van der Waals surface area contributed by atoms with Gasteiger partial charge in [-0.2, -0.15) is 0 Å². The zero-order valence-corrected chi connectivity index (χ0v) is 17.9. The molecule has 0 unspecified atom stereocenters. The number of Topliss-reactive ketones (excluding diaryl/α,β-unsaturated/α-hetero) is 1. The number of hydrogen-bond acceptors (Lipinski definition) is 5. The van der Waals surface area contributed by atoms with Crippen LogP contribution in [0.4, 0.5) is 5.69 Å². The van der Waals surface area contributed by atoms with Crippen molar-refractivity contribution in [3.63, 3.8) is 0 Å². The van der Waals surface area contributed by atoms with Gasteiger partial charge in [0.25, 0.3) is 15.9 Å². The standard InChI is InChI=1S/C23H22N2O5S/c1-16(26)17-9-13-21(14-10-17)31(28,29)25-20-11-7-18(8-12-20)23(27)24-15-19-5-3-4-6-22(19)30-2/h3-14,25H,15H2,1-2H3,(H,24,27). The topological polar surface area (TPSA) is 102 Å². The summed E-state index contributed by atoms with van der Waals surface area (Å²) < 4.78 is 32.8. The molecule has 0 aliphatic carbocycles. The molecule has 3 aromatic rings. The number of amides is 1. The second-order valence-electron chi connectivity index (χ2n) is 6.76. The number of sulfonamides is 1. The fraction of sp³-hybridized carbons (Fsp3) is 0.130. The Morgan fingerprint density at radius 1 is 0.871 bits per heavy atom. The third-order valence-electron chi connectivity index (χ3n) is 4.60. The third-order valence-corrected chi connectivity index (χ3v) is 6.00. The van der Waals surface area contributed by atoms with E-state index in [9.17, 15) is 18.0 Å². The fourth-order valence-corrected chi connectivity index (χ4v) is 3.96. The van der Waals surface area contributed by atoms with E-state index in [-0.39, 0.29) is 16.6 Å². The van der Waals surface area contributed by atoms with Crippen LogP contribution < -0.4 is 14.8 Å². The first-order valence-electron chi connectivity index (χ1n) is 9.44. The Morgan fingerprint density at radius 3 is 2.10 bits per heavy atom. The SMILES string of the molecule is COc1ccccc1CNC(=O)c1ccc(NS(=O)(=O)c2ccc(C(C)=O)cc2)cc1. The molecule has 3 rings (SSSR count). The Balaban J connectivity index is 1.65. The van der Waals surface area contributed by atoms with E-state index in [1.54, 1.807) is 7.11 Å². The maximum atomic E-state index is 12.5. The first kappa shape index (κ1) is 22.0. The Morgan fingerprint density at radius 2 is 1.48 bits per heavy atom. The summed E-state index contributed by atoms with van der Waals surface area (Å²) in [5, 5.41) is 2.81. The van der Waals surface area contributed by atoms with E-state index in [0.717, 1.165) is 5.56 Å². The molecule has 0 aliphatic rings. The van der Waals surface area contributed by atoms with Gasteiger partial charge in [-0.3, -0.25) is 14.3 Å². The van der Waals surface area contributed by atoms with Gasteiger partial charge in [-0.1, -0.05) is 30.3 Å². The molecule has 0 bridgehead atoms. The molecule has 0 saturated heterocycles. The van der Waals surface area contributed by atoms with Gasteiger partial charge in [-0.15, -0.1) is 0 Å². The predicted octanol–water partition coefficient (Wildman–Crippen LogP) is 3.63. The maximum Gasteiger partial charge on any atom is 0.261 e. The van der Waals surface area contributed by atoms with E-state index in [2.05, 4.69) is 10.0 Å². The van der Waals surface area contributed by atoms with Crippen molar-refractivity contribution in [2.45, 2.75) is 18.4 Å². The second-order valence-corrected chi connectivity index (χ2v) is 8.44. The molecule has 0 aliphatic heterocycles. The molecule has 0 radical (unpaired) electrons. The number of anilines is 1. The molecular weight excluding hydrogens is 416 g/mol. The monoisotopic (exact) mass is 438 g/mol. The molecule has 0 atom stereocenters. The molecule has 0 heterocycles. The van der Waals surface area contributed by atoms with Crippen LogP contribution in [0.15, 0.2) is 77.7 Å². The highest BCUT2D eigenvalue weighted by Crippen LogP contribution is 2.19. The minimum absolute atomic E-state index is 0.0381. The summed E-state index contributed by atoms with van der Waals surface area (Å²) in [5.74, 6) is 0.250. The van der Waals surface area contributed by atoms with Crippen LogP contribution in [0.25, 0.3) is 0 Å². The van der Waals surface area contributed by atoms with E-state index in [1.807, 2.05) is 24.3 Å². The first-order chi connectivity index (χ1) is 14.8. The number of ketones is 1. The quantitative estimate of drug-likeness (QED) is 0.523. The third kappa shape index (κ3) is 5.49. The zero-order chi connectivity index (χ0) is 22.4. The Bertz CT molecular complexity index is 1190. The summed E-state index contributed by atoms with van der Waals surface area (Å²) in [4.78, 5) is 23.8. The number of carbonyl (C=O) groups is 2. The lowest BCUT2D eigenvalue weighted by molar-refractivity contribution is 0.0949. The Kier molecular flexibility index (Phi) is 6.71. The largest absolute Gasteiger partial charge is 0.496 e. The smallest absolute Gasteiger partial charge is 0.261 e. The van der Waals surface area contributed by atoms with Crippen LogP contribution in [0.2, 0.25) is 0 Å². The predicted molar refractivity (Wildman–Crippen MR) is 118 cm³/mol. The lowest BCUT2D eigenvalue weighted by atomic mass is 10.1. The lowest BCUT2D eigenvalue weighted by Crippen LogP contribution is -2.23. The van der Waals surface area contributed by atoms with Crippen molar-refractivity contribution in [3.8, 4) is 5.75 Å². The second kappa shape index (κ2) is 9.44. The molecular formula is C23H22N2O5S. The Labute approximate surface area is 181 Å². The van der Waals surface area contributed by atoms with Crippen molar-refractivity contribution < 1.29 is 22.7 Å². The van der Waals surface area contributed by atoms with Crippen molar-refractivity contribution >= 4 is 27.4 Å². The first-order valence-corrected chi connectivity index (χ1v) is 10.9. The molecule has 7 nitrogen and oxygen atoms in total. The van der Waals surface area contributed by atoms with Crippen LogP contribution in [0.3, 0.4) is 0 Å². The van der Waals surface area contributed by atoms with Gasteiger partial charge < -0.3 is 10.1 Å². The van der Waals surface area contributed by atoms with Gasteiger partial charge in [0.15, 0.2) is 5.78 Å². The molecule has 3 aromatic carbocycles. The van der Waals surface area contributed by atoms with E-state index < -0.39 is 10.0 Å². The summed E-state index contributed by atoms with van der Waals surface area (Å²) in [6.07, 6.45) is 0. The van der Waals surface area contributed by atoms with Gasteiger partial charge in [0.1, 0.15) is 5.75 Å². The normalized spacial score (nSPS) is 10.9. The number of carbonyl (C=O) groups excluding carboxylic acids is 2. The highest BCUT2D eigenvalue weighted by atomic mass is 32.2. The Hall–Kier alpha value is -3.65. The maximum absolute atomic E-state index is 12.5. The molecule has 2 N–H and O–H groups in total. The van der Waals surface area contributed by atoms with Crippen molar-refractivity contribution in [3.05, 3.63) is 89.5 Å². The van der Waals surface area contributed by atoms with Gasteiger partial charge in [0.2, 0.25) is 0 Å². The van der Waals surface area contributed by atoms with Crippen molar-refractivity contribution in [1.82, 2.24) is 5.32 Å². The van der Waals surface area contributed by atoms with Gasteiger partial charge in [0, 0.05) is 28.9 Å². The summed E-state index contributed by atoms with van der Waals surface area (Å²) in [6.45, 7) is 1.71. The van der Waals surface area contributed by atoms with Crippen LogP contribution >= 0.6 is 0 Å². The van der Waals surface area contributed by atoms with Crippen molar-refractivity contribution in [1.29, 1.82) is 0 Å². The van der Waals surface area contributed by atoms with Gasteiger partial charge in [-0.05, 0) is 49.4 Å². The van der Waals surface area contributed by atoms with Crippen LogP contribution in [-0.4, -0.2) is 27.2 Å². The summed E-state index contributed by atoms with van der Waals surface area (Å²) in [5.41, 5.74) is 1.99. The number of hydrogen-bond donors (Lipinski definition) is 2. The van der Waals surface area contributed by atoms with Gasteiger partial charge in [-0.25, -0.2) is 8.42 Å². The minimum atomic E-state index is -3.82. The average molecular weight is 439 g/mol. The zero-order valence-electron chi connectivity index (χ0n) is 17.1. The van der Waals surface area contributed by atoms with Crippen molar-refractivity contribution in [2.24, 2.45) is 0 Å². The number of rotatable bonds is 8. The number of methoxy groups -OCH3 is 1. The summed E-state index contributed by atoms with van der Waals surface area (Å²) in [6, 6.07) is 19.2. The van der Waals surface area contributed by atoms with E-state index in [0.29, 0.717) is 29.1 Å². The molecule has 0 spiro atoms. The van der Waals surface area contributed by atoms with Crippen LogP contribution in [0, 0.1) is 0 Å². The number of benzene rings is 3. The highest BCUT2D eigenvalue weighted by molar-refractivity contribution is 7.92. The average Bonchev–Trinajstić information content (AvgIpc) is 2.78. The molecule has 0 fully saturated rings. The molecule has 1 amide bonds. The van der Waals surface area contributed by atoms with E-state index in [1.165, 1.54) is 55.5 Å². The highest BCUT2D eigenvalue weighted by Gasteiger charge is 2.15.